The van der Waals surface area contributed by atoms with Crippen LogP contribution in [0.4, 0.5) is 0 Å². The van der Waals surface area contributed by atoms with Gasteiger partial charge in [0, 0.05) is 19.1 Å². The Morgan fingerprint density at radius 2 is 1.89 bits per heavy atom. The van der Waals surface area contributed by atoms with E-state index in [4.69, 9.17) is 0 Å². The minimum absolute atomic E-state index is 0.0440. The van der Waals surface area contributed by atoms with E-state index in [-0.39, 0.29) is 17.7 Å². The van der Waals surface area contributed by atoms with Crippen LogP contribution in [0.25, 0.3) is 0 Å². The van der Waals surface area contributed by atoms with Gasteiger partial charge in [-0.15, -0.1) is 0 Å². The summed E-state index contributed by atoms with van der Waals surface area (Å²) in [6, 6.07) is -0.0440. The largest absolute Gasteiger partial charge is 0.341 e. The van der Waals surface area contributed by atoms with Crippen molar-refractivity contribution in [2.24, 2.45) is 0 Å². The van der Waals surface area contributed by atoms with Gasteiger partial charge >= 0.3 is 0 Å². The highest BCUT2D eigenvalue weighted by atomic mass is 79.9. The van der Waals surface area contributed by atoms with E-state index in [1.54, 1.807) is 11.8 Å². The molecule has 0 bridgehead atoms. The van der Waals surface area contributed by atoms with Crippen LogP contribution in [0.5, 0.6) is 0 Å². The van der Waals surface area contributed by atoms with E-state index in [1.165, 1.54) is 0 Å². The van der Waals surface area contributed by atoms with Crippen LogP contribution in [0, 0.1) is 0 Å². The number of nitrogens with one attached hydrogen (secondary N) is 1. The molecule has 0 saturated carbocycles. The van der Waals surface area contributed by atoms with Gasteiger partial charge in [-0.1, -0.05) is 15.9 Å². The van der Waals surface area contributed by atoms with Gasteiger partial charge in [0.05, 0.1) is 10.1 Å². The van der Waals surface area contributed by atoms with E-state index in [0.717, 1.165) is 0 Å². The minimum Gasteiger partial charge on any atom is -0.341 e. The first-order chi connectivity index (χ1) is 8.15. The topological polar surface area (TPSA) is 66.5 Å². The highest BCUT2D eigenvalue weighted by Crippen LogP contribution is 2.22. The summed E-state index contributed by atoms with van der Waals surface area (Å²) in [7, 11) is -3.15. The number of nitrogens with zero attached hydrogens (tertiary/aromatic N) is 1. The molecule has 0 radical (unpaired) electrons. The molecule has 1 aliphatic rings. The summed E-state index contributed by atoms with van der Waals surface area (Å²) < 4.78 is 25.0. The average molecular weight is 341 g/mol. The molecule has 0 aliphatic carbocycles. The summed E-state index contributed by atoms with van der Waals surface area (Å²) >= 11 is 3.35. The summed E-state index contributed by atoms with van der Waals surface area (Å²) in [5, 5.41) is 0. The molecule has 1 aliphatic heterocycles. The van der Waals surface area contributed by atoms with Gasteiger partial charge in [0.2, 0.25) is 15.9 Å². The highest BCUT2D eigenvalue weighted by Gasteiger charge is 2.32. The number of halogens is 1. The first kappa shape index (κ1) is 15.9. The second-order valence-electron chi connectivity index (χ2n) is 5.06. The molecule has 1 saturated heterocycles. The van der Waals surface area contributed by atoms with Crippen molar-refractivity contribution in [2.45, 2.75) is 44.0 Å². The number of carbonyl (C=O) groups is 1. The van der Waals surface area contributed by atoms with Gasteiger partial charge in [-0.05, 0) is 33.6 Å². The molecule has 1 rings (SSSR count). The zero-order chi connectivity index (χ0) is 14.0. The van der Waals surface area contributed by atoms with Crippen molar-refractivity contribution < 1.29 is 13.2 Å². The Balaban J connectivity index is 2.50. The Morgan fingerprint density at radius 3 is 2.28 bits per heavy atom. The maximum atomic E-state index is 12.0. The molecule has 7 heteroatoms. The Labute approximate surface area is 117 Å². The summed E-state index contributed by atoms with van der Waals surface area (Å²) in [4.78, 5) is 13.8. The third-order valence-corrected chi connectivity index (χ3v) is 4.81. The number of piperidine rings is 1. The maximum Gasteiger partial charge on any atom is 0.238 e. The van der Waals surface area contributed by atoms with Crippen molar-refractivity contribution in [2.75, 3.05) is 18.8 Å². The zero-order valence-electron chi connectivity index (χ0n) is 11.1. The minimum atomic E-state index is -3.15. The third kappa shape index (κ3) is 4.51. The summed E-state index contributed by atoms with van der Waals surface area (Å²) in [6.45, 7) is 6.46. The first-order valence-electron chi connectivity index (χ1n) is 6.14. The van der Waals surface area contributed by atoms with Gasteiger partial charge in [0.1, 0.15) is 0 Å². The van der Waals surface area contributed by atoms with Crippen molar-refractivity contribution in [3.63, 3.8) is 0 Å². The fourth-order valence-electron chi connectivity index (χ4n) is 1.91. The van der Waals surface area contributed by atoms with Crippen molar-refractivity contribution in [3.8, 4) is 0 Å². The van der Waals surface area contributed by atoms with Crippen LogP contribution in [-0.2, 0) is 14.8 Å². The lowest BCUT2D eigenvalue weighted by Crippen LogP contribution is -2.50. The van der Waals surface area contributed by atoms with Crippen LogP contribution in [0.3, 0.4) is 0 Å². The molecule has 5 nitrogen and oxygen atoms in total. The van der Waals surface area contributed by atoms with Crippen molar-refractivity contribution in [1.82, 2.24) is 9.62 Å². The molecule has 1 amide bonds. The Morgan fingerprint density at radius 1 is 1.39 bits per heavy atom. The molecule has 0 aromatic heterocycles. The monoisotopic (exact) mass is 340 g/mol. The molecule has 18 heavy (non-hydrogen) atoms. The van der Waals surface area contributed by atoms with Crippen molar-refractivity contribution in [3.05, 3.63) is 0 Å². The molecule has 1 heterocycles. The first-order valence-corrected chi connectivity index (χ1v) is 8.58. The van der Waals surface area contributed by atoms with Gasteiger partial charge in [0.15, 0.2) is 0 Å². The van der Waals surface area contributed by atoms with Gasteiger partial charge in [-0.25, -0.2) is 13.1 Å². The molecular weight excluding hydrogens is 320 g/mol. The smallest absolute Gasteiger partial charge is 0.238 e. The maximum absolute atomic E-state index is 12.0. The second-order valence-corrected chi connectivity index (χ2v) is 9.09. The Hall–Kier alpha value is -0.140. The second kappa shape index (κ2) is 5.88. The molecular formula is C11H21BrN2O3S. The highest BCUT2D eigenvalue weighted by molar-refractivity contribution is 9.10. The number of carbonyl (C=O) groups excluding carboxylic acids is 1. The van der Waals surface area contributed by atoms with E-state index >= 15 is 0 Å². The predicted octanol–water partition coefficient (Wildman–Crippen LogP) is 1.09. The van der Waals surface area contributed by atoms with Gasteiger partial charge in [-0.3, -0.25) is 4.79 Å². The van der Waals surface area contributed by atoms with Crippen LogP contribution < -0.4 is 4.72 Å². The molecule has 1 N–H and O–H groups in total. The van der Waals surface area contributed by atoms with Crippen molar-refractivity contribution in [1.29, 1.82) is 0 Å². The standard InChI is InChI=1S/C11H21BrN2O3S/c1-4-18(16,17)13-9-5-7-14(8-6-9)10(15)11(2,3)12/h9,13H,4-8H2,1-3H3. The van der Waals surface area contributed by atoms with Crippen LogP contribution >= 0.6 is 15.9 Å². The van der Waals surface area contributed by atoms with E-state index in [2.05, 4.69) is 20.7 Å². The number of hydrogen-bond acceptors (Lipinski definition) is 3. The fourth-order valence-corrected chi connectivity index (χ4v) is 3.07. The lowest BCUT2D eigenvalue weighted by atomic mass is 10.0. The quantitative estimate of drug-likeness (QED) is 0.779. The number of hydrogen-bond donors (Lipinski definition) is 1. The number of alkyl halides is 1. The van der Waals surface area contributed by atoms with E-state index in [0.29, 0.717) is 25.9 Å². The number of sulfonamides is 1. The third-order valence-electron chi connectivity index (χ3n) is 3.02. The molecule has 0 aromatic carbocycles. The lowest BCUT2D eigenvalue weighted by Gasteiger charge is -2.35. The van der Waals surface area contributed by atoms with Gasteiger partial charge in [-0.2, -0.15) is 0 Å². The average Bonchev–Trinajstić information content (AvgIpc) is 2.27. The van der Waals surface area contributed by atoms with E-state index in [9.17, 15) is 13.2 Å². The molecule has 0 spiro atoms. The molecule has 0 unspecified atom stereocenters. The number of rotatable bonds is 4. The fraction of sp³-hybridized carbons (Fsp3) is 0.909. The van der Waals surface area contributed by atoms with Gasteiger partial charge in [0.25, 0.3) is 0 Å². The molecule has 0 atom stereocenters. The van der Waals surface area contributed by atoms with Crippen LogP contribution in [0.15, 0.2) is 0 Å². The molecule has 0 aromatic rings. The van der Waals surface area contributed by atoms with Gasteiger partial charge < -0.3 is 4.90 Å². The predicted molar refractivity (Wildman–Crippen MR) is 75.2 cm³/mol. The zero-order valence-corrected chi connectivity index (χ0v) is 13.5. The number of amides is 1. The van der Waals surface area contributed by atoms with Crippen molar-refractivity contribution >= 4 is 31.9 Å². The summed E-state index contributed by atoms with van der Waals surface area (Å²) in [6.07, 6.45) is 1.35. The Kier molecular flexibility index (Phi) is 5.20. The molecule has 1 fully saturated rings. The van der Waals surface area contributed by atoms with Crippen LogP contribution in [0.2, 0.25) is 0 Å². The van der Waals surface area contributed by atoms with E-state index in [1.807, 2.05) is 13.8 Å². The Bertz CT molecular complexity index is 395. The normalized spacial score (nSPS) is 19.0. The number of likely N-dealkylation sites (tertiary alicyclic amines) is 1. The van der Waals surface area contributed by atoms with E-state index < -0.39 is 14.3 Å². The summed E-state index contributed by atoms with van der Waals surface area (Å²) in [5.74, 6) is 0.153. The van der Waals surface area contributed by atoms with Crippen LogP contribution in [0.1, 0.15) is 33.6 Å². The lowest BCUT2D eigenvalue weighted by molar-refractivity contribution is -0.133. The SMILES string of the molecule is CCS(=O)(=O)NC1CCN(C(=O)C(C)(C)Br)CC1. The summed E-state index contributed by atoms with van der Waals surface area (Å²) in [5.41, 5.74) is 0. The molecule has 106 valence electrons. The van der Waals surface area contributed by atoms with Crippen LogP contribution in [-0.4, -0.2) is 48.4 Å².